The van der Waals surface area contributed by atoms with Crippen LogP contribution < -0.4 is 0 Å². The van der Waals surface area contributed by atoms with Gasteiger partial charge in [-0.05, 0) is 32.3 Å². The van der Waals surface area contributed by atoms with E-state index in [-0.39, 0.29) is 0 Å². The quantitative estimate of drug-likeness (QED) is 0.528. The highest BCUT2D eigenvalue weighted by Crippen LogP contribution is 2.22. The third-order valence-electron chi connectivity index (χ3n) is 2.08. The molecule has 0 aliphatic heterocycles. The summed E-state index contributed by atoms with van der Waals surface area (Å²) in [6.45, 7) is 12.9. The average molecular weight is 166 g/mol. The van der Waals surface area contributed by atoms with Crippen LogP contribution in [0, 0.1) is 0 Å². The molecule has 0 rings (SSSR count). The lowest BCUT2D eigenvalue weighted by molar-refractivity contribution is 0.844. The van der Waals surface area contributed by atoms with Crippen LogP contribution in [0.1, 0.15) is 53.4 Å². The molecule has 0 aliphatic carbocycles. The summed E-state index contributed by atoms with van der Waals surface area (Å²) < 4.78 is 0. The maximum absolute atomic E-state index is 4.13. The van der Waals surface area contributed by atoms with E-state index in [9.17, 15) is 0 Å². The third-order valence-corrected chi connectivity index (χ3v) is 2.08. The van der Waals surface area contributed by atoms with Crippen LogP contribution in [0.5, 0.6) is 0 Å². The van der Waals surface area contributed by atoms with Crippen molar-refractivity contribution in [2.75, 3.05) is 0 Å². The van der Waals surface area contributed by atoms with Crippen molar-refractivity contribution in [1.82, 2.24) is 0 Å². The molecule has 0 saturated carbocycles. The fourth-order valence-electron chi connectivity index (χ4n) is 1.48. The molecule has 0 unspecified atom stereocenters. The van der Waals surface area contributed by atoms with Crippen molar-refractivity contribution in [2.45, 2.75) is 53.4 Å². The second-order valence-electron chi connectivity index (χ2n) is 3.58. The van der Waals surface area contributed by atoms with Crippen molar-refractivity contribution in [3.05, 3.63) is 23.3 Å². The van der Waals surface area contributed by atoms with Gasteiger partial charge in [0.25, 0.3) is 0 Å². The van der Waals surface area contributed by atoms with E-state index in [4.69, 9.17) is 0 Å². The van der Waals surface area contributed by atoms with Gasteiger partial charge in [-0.2, -0.15) is 0 Å². The van der Waals surface area contributed by atoms with E-state index in [1.807, 2.05) is 0 Å². The van der Waals surface area contributed by atoms with Crippen molar-refractivity contribution >= 4 is 0 Å². The highest BCUT2D eigenvalue weighted by molar-refractivity contribution is 5.31. The average Bonchev–Trinajstić information content (AvgIpc) is 1.99. The van der Waals surface area contributed by atoms with Gasteiger partial charge in [-0.3, -0.25) is 0 Å². The van der Waals surface area contributed by atoms with E-state index in [1.54, 1.807) is 0 Å². The monoisotopic (exact) mass is 166 g/mol. The largest absolute Gasteiger partial charge is 0.0956 e. The molecule has 0 radical (unpaired) electrons. The first kappa shape index (κ1) is 11.5. The molecule has 0 saturated heterocycles. The topological polar surface area (TPSA) is 0 Å². The van der Waals surface area contributed by atoms with Crippen molar-refractivity contribution in [3.8, 4) is 0 Å². The lowest BCUT2D eigenvalue weighted by atomic mass is 9.95. The van der Waals surface area contributed by atoms with Gasteiger partial charge in [0.05, 0.1) is 0 Å². The Bertz CT molecular complexity index is 168. The second kappa shape index (κ2) is 6.05. The van der Waals surface area contributed by atoms with Crippen LogP contribution in [0.15, 0.2) is 23.3 Å². The summed E-state index contributed by atoms with van der Waals surface area (Å²) in [5, 5.41) is 0. The first-order valence-electron chi connectivity index (χ1n) is 4.97. The van der Waals surface area contributed by atoms with Gasteiger partial charge < -0.3 is 0 Å². The Labute approximate surface area is 77.4 Å². The molecule has 0 atom stereocenters. The molecule has 0 aromatic heterocycles. The molecule has 0 spiro atoms. The smallest absolute Gasteiger partial charge is 0.0280 e. The fourth-order valence-corrected chi connectivity index (χ4v) is 1.48. The molecule has 0 aliphatic rings. The Morgan fingerprint density at radius 3 is 1.83 bits per heavy atom. The Morgan fingerprint density at radius 1 is 1.00 bits per heavy atom. The lowest BCUT2D eigenvalue weighted by Gasteiger charge is -2.11. The normalized spacial score (nSPS) is 9.67. The summed E-state index contributed by atoms with van der Waals surface area (Å²) in [6, 6.07) is 0. The zero-order valence-corrected chi connectivity index (χ0v) is 9.04. The summed E-state index contributed by atoms with van der Waals surface area (Å²) >= 11 is 0. The Morgan fingerprint density at radius 2 is 1.50 bits per heavy atom. The minimum absolute atomic E-state index is 1.15. The molecule has 0 N–H and O–H groups in total. The zero-order chi connectivity index (χ0) is 9.56. The Balaban J connectivity index is 4.32. The van der Waals surface area contributed by atoms with Gasteiger partial charge >= 0.3 is 0 Å². The number of hydrogen-bond donors (Lipinski definition) is 0. The lowest BCUT2D eigenvalue weighted by Crippen LogP contribution is -1.91. The van der Waals surface area contributed by atoms with E-state index < -0.39 is 0 Å². The molecule has 12 heavy (non-hydrogen) atoms. The third kappa shape index (κ3) is 3.75. The van der Waals surface area contributed by atoms with Gasteiger partial charge in [0.15, 0.2) is 0 Å². The molecular weight excluding hydrogens is 144 g/mol. The van der Waals surface area contributed by atoms with Crippen LogP contribution in [0.3, 0.4) is 0 Å². The maximum Gasteiger partial charge on any atom is -0.0280 e. The van der Waals surface area contributed by atoms with E-state index in [1.165, 1.54) is 36.0 Å². The zero-order valence-electron chi connectivity index (χ0n) is 9.04. The predicted molar refractivity (Wildman–Crippen MR) is 57.3 cm³/mol. The van der Waals surface area contributed by atoms with Gasteiger partial charge in [0, 0.05) is 0 Å². The molecule has 0 aromatic rings. The number of hydrogen-bond acceptors (Lipinski definition) is 0. The van der Waals surface area contributed by atoms with E-state index >= 15 is 0 Å². The number of rotatable bonds is 5. The molecule has 0 fully saturated rings. The van der Waals surface area contributed by atoms with Gasteiger partial charge in [0.1, 0.15) is 0 Å². The molecule has 0 amide bonds. The van der Waals surface area contributed by atoms with Crippen LogP contribution in [0.25, 0.3) is 0 Å². The summed E-state index contributed by atoms with van der Waals surface area (Å²) in [7, 11) is 0. The molecule has 0 nitrogen and oxygen atoms in total. The molecule has 70 valence electrons. The number of allylic oxidation sites excluding steroid dienone is 3. The van der Waals surface area contributed by atoms with Gasteiger partial charge in [0.2, 0.25) is 0 Å². The second-order valence-corrected chi connectivity index (χ2v) is 3.58. The predicted octanol–water partition coefficient (Wildman–Crippen LogP) is 4.48. The van der Waals surface area contributed by atoms with Crippen molar-refractivity contribution in [2.24, 2.45) is 0 Å². The minimum Gasteiger partial charge on any atom is -0.0956 e. The Kier molecular flexibility index (Phi) is 5.79. The van der Waals surface area contributed by atoms with Crippen LogP contribution in [0.2, 0.25) is 0 Å². The highest BCUT2D eigenvalue weighted by Gasteiger charge is 2.02. The van der Waals surface area contributed by atoms with E-state index in [2.05, 4.69) is 34.3 Å². The summed E-state index contributed by atoms with van der Waals surface area (Å²) in [6.07, 6.45) is 4.78. The van der Waals surface area contributed by atoms with Crippen LogP contribution in [-0.2, 0) is 0 Å². The van der Waals surface area contributed by atoms with Crippen molar-refractivity contribution < 1.29 is 0 Å². The SMILES string of the molecule is C=C(CCC)C(CCC)=C(C)C. The molecule has 0 aromatic carbocycles. The molecular formula is C12H22. The standard InChI is InChI=1S/C12H22/c1-6-8-11(5)12(9-7-2)10(3)4/h5-9H2,1-4H3. The Hall–Kier alpha value is -0.520. The maximum atomic E-state index is 4.13. The fraction of sp³-hybridized carbons (Fsp3) is 0.667. The van der Waals surface area contributed by atoms with Crippen LogP contribution in [-0.4, -0.2) is 0 Å². The molecule has 0 heterocycles. The molecule has 0 heteroatoms. The highest BCUT2D eigenvalue weighted by atomic mass is 14.1. The first-order valence-corrected chi connectivity index (χ1v) is 4.97. The van der Waals surface area contributed by atoms with Crippen molar-refractivity contribution in [3.63, 3.8) is 0 Å². The van der Waals surface area contributed by atoms with Crippen LogP contribution in [0.4, 0.5) is 0 Å². The van der Waals surface area contributed by atoms with Crippen LogP contribution >= 0.6 is 0 Å². The van der Waals surface area contributed by atoms with E-state index in [0.29, 0.717) is 0 Å². The van der Waals surface area contributed by atoms with Crippen molar-refractivity contribution in [1.29, 1.82) is 0 Å². The minimum atomic E-state index is 1.15. The van der Waals surface area contributed by atoms with E-state index in [0.717, 1.165) is 6.42 Å². The van der Waals surface area contributed by atoms with Gasteiger partial charge in [-0.25, -0.2) is 0 Å². The summed E-state index contributed by atoms with van der Waals surface area (Å²) in [5.74, 6) is 0. The van der Waals surface area contributed by atoms with Gasteiger partial charge in [-0.15, -0.1) is 0 Å². The summed E-state index contributed by atoms with van der Waals surface area (Å²) in [4.78, 5) is 0. The first-order chi connectivity index (χ1) is 5.63. The summed E-state index contributed by atoms with van der Waals surface area (Å²) in [5.41, 5.74) is 4.29. The molecule has 0 bridgehead atoms. The van der Waals surface area contributed by atoms with Gasteiger partial charge in [-0.1, -0.05) is 44.4 Å².